The Balaban J connectivity index is 1.57. The standard InChI is InChI=1S/C20H18N4O4S/c1-2-28-18-6-4-3-5-17(18)21-19(25)13-29-20-12-11-16(22-23-20)14-7-9-15(10-8-14)24(26)27/h3-12H,2,13H2,1H3,(H,21,25). The van der Waals surface area contributed by atoms with E-state index in [1.807, 2.05) is 19.1 Å². The number of nitrogens with zero attached hydrogens (tertiary/aromatic N) is 3. The van der Waals surface area contributed by atoms with E-state index in [2.05, 4.69) is 15.5 Å². The first-order chi connectivity index (χ1) is 14.1. The molecule has 0 saturated carbocycles. The van der Waals surface area contributed by atoms with E-state index in [1.165, 1.54) is 23.9 Å². The van der Waals surface area contributed by atoms with Crippen molar-refractivity contribution in [1.82, 2.24) is 10.2 Å². The minimum atomic E-state index is -0.451. The lowest BCUT2D eigenvalue weighted by molar-refractivity contribution is -0.384. The summed E-state index contributed by atoms with van der Waals surface area (Å²) in [5.41, 5.74) is 1.97. The summed E-state index contributed by atoms with van der Waals surface area (Å²) in [6.07, 6.45) is 0. The first-order valence-electron chi connectivity index (χ1n) is 8.80. The maximum absolute atomic E-state index is 12.2. The molecule has 148 valence electrons. The number of ether oxygens (including phenoxy) is 1. The van der Waals surface area contributed by atoms with E-state index in [0.717, 1.165) is 5.56 Å². The number of nitro groups is 1. The number of aromatic nitrogens is 2. The summed E-state index contributed by atoms with van der Waals surface area (Å²) in [6.45, 7) is 2.39. The lowest BCUT2D eigenvalue weighted by Crippen LogP contribution is -2.15. The largest absolute Gasteiger partial charge is 0.492 e. The van der Waals surface area contributed by atoms with Crippen LogP contribution in [0.5, 0.6) is 5.75 Å². The van der Waals surface area contributed by atoms with E-state index in [-0.39, 0.29) is 17.3 Å². The van der Waals surface area contributed by atoms with Gasteiger partial charge in [-0.1, -0.05) is 23.9 Å². The second-order valence-electron chi connectivity index (χ2n) is 5.83. The van der Waals surface area contributed by atoms with E-state index in [1.54, 1.807) is 36.4 Å². The Morgan fingerprint density at radius 2 is 1.86 bits per heavy atom. The molecular formula is C20H18N4O4S. The average Bonchev–Trinajstić information content (AvgIpc) is 2.74. The minimum absolute atomic E-state index is 0.0193. The topological polar surface area (TPSA) is 107 Å². The molecule has 0 unspecified atom stereocenters. The Hall–Kier alpha value is -3.46. The number of thioether (sulfide) groups is 1. The number of hydrogen-bond acceptors (Lipinski definition) is 7. The Morgan fingerprint density at radius 3 is 2.52 bits per heavy atom. The molecule has 2 aromatic carbocycles. The fourth-order valence-electron chi connectivity index (χ4n) is 2.48. The first kappa shape index (κ1) is 20.3. The molecule has 1 N–H and O–H groups in total. The number of nitrogens with one attached hydrogen (secondary N) is 1. The maximum Gasteiger partial charge on any atom is 0.269 e. The molecule has 3 aromatic rings. The highest BCUT2D eigenvalue weighted by molar-refractivity contribution is 7.99. The van der Waals surface area contributed by atoms with Crippen LogP contribution in [0.15, 0.2) is 65.7 Å². The molecule has 0 bridgehead atoms. The van der Waals surface area contributed by atoms with Gasteiger partial charge in [0.2, 0.25) is 5.91 Å². The van der Waals surface area contributed by atoms with Crippen molar-refractivity contribution in [2.45, 2.75) is 11.9 Å². The molecular weight excluding hydrogens is 392 g/mol. The van der Waals surface area contributed by atoms with Crippen molar-refractivity contribution < 1.29 is 14.5 Å². The first-order valence-corrected chi connectivity index (χ1v) is 9.78. The van der Waals surface area contributed by atoms with Crippen molar-refractivity contribution in [1.29, 1.82) is 0 Å². The number of carbonyl (C=O) groups excluding carboxylic acids is 1. The van der Waals surface area contributed by atoms with E-state index >= 15 is 0 Å². The van der Waals surface area contributed by atoms with Crippen LogP contribution in [-0.2, 0) is 4.79 Å². The van der Waals surface area contributed by atoms with Crippen molar-refractivity contribution in [3.8, 4) is 17.0 Å². The number of para-hydroxylation sites is 2. The molecule has 0 saturated heterocycles. The zero-order chi connectivity index (χ0) is 20.6. The summed E-state index contributed by atoms with van der Waals surface area (Å²) in [5, 5.41) is 22.4. The SMILES string of the molecule is CCOc1ccccc1NC(=O)CSc1ccc(-c2ccc([N+](=O)[O-])cc2)nn1. The molecule has 0 spiro atoms. The number of carbonyl (C=O) groups is 1. The van der Waals surface area contributed by atoms with Gasteiger partial charge in [0, 0.05) is 17.7 Å². The van der Waals surface area contributed by atoms with Crippen molar-refractivity contribution in [2.75, 3.05) is 17.7 Å². The van der Waals surface area contributed by atoms with Gasteiger partial charge in [-0.2, -0.15) is 0 Å². The summed E-state index contributed by atoms with van der Waals surface area (Å²) in [7, 11) is 0. The van der Waals surface area contributed by atoms with Gasteiger partial charge in [0.1, 0.15) is 10.8 Å². The smallest absolute Gasteiger partial charge is 0.269 e. The van der Waals surface area contributed by atoms with Crippen LogP contribution in [0.1, 0.15) is 6.92 Å². The van der Waals surface area contributed by atoms with Crippen LogP contribution in [0.4, 0.5) is 11.4 Å². The lowest BCUT2D eigenvalue weighted by Gasteiger charge is -2.10. The van der Waals surface area contributed by atoms with Crippen molar-refractivity contribution in [3.63, 3.8) is 0 Å². The van der Waals surface area contributed by atoms with E-state index in [0.29, 0.717) is 28.8 Å². The van der Waals surface area contributed by atoms with E-state index < -0.39 is 4.92 Å². The van der Waals surface area contributed by atoms with Crippen LogP contribution in [0.3, 0.4) is 0 Å². The highest BCUT2D eigenvalue weighted by Crippen LogP contribution is 2.25. The molecule has 0 aliphatic carbocycles. The molecule has 0 radical (unpaired) electrons. The number of anilines is 1. The number of hydrogen-bond donors (Lipinski definition) is 1. The molecule has 1 heterocycles. The van der Waals surface area contributed by atoms with Gasteiger partial charge in [-0.05, 0) is 43.3 Å². The normalized spacial score (nSPS) is 10.4. The van der Waals surface area contributed by atoms with Gasteiger partial charge in [0.15, 0.2) is 0 Å². The van der Waals surface area contributed by atoms with Crippen molar-refractivity contribution in [3.05, 3.63) is 70.8 Å². The molecule has 0 fully saturated rings. The van der Waals surface area contributed by atoms with Gasteiger partial charge in [0.05, 0.1) is 28.7 Å². The molecule has 3 rings (SSSR count). The average molecular weight is 410 g/mol. The highest BCUT2D eigenvalue weighted by atomic mass is 32.2. The minimum Gasteiger partial charge on any atom is -0.492 e. The second-order valence-corrected chi connectivity index (χ2v) is 6.82. The highest BCUT2D eigenvalue weighted by Gasteiger charge is 2.10. The van der Waals surface area contributed by atoms with Crippen LogP contribution in [-0.4, -0.2) is 33.4 Å². The van der Waals surface area contributed by atoms with Crippen LogP contribution in [0.2, 0.25) is 0 Å². The molecule has 9 heteroatoms. The van der Waals surface area contributed by atoms with Gasteiger partial charge < -0.3 is 10.1 Å². The maximum atomic E-state index is 12.2. The Bertz CT molecular complexity index is 994. The molecule has 0 aliphatic rings. The van der Waals surface area contributed by atoms with Crippen LogP contribution in [0, 0.1) is 10.1 Å². The van der Waals surface area contributed by atoms with Gasteiger partial charge in [-0.15, -0.1) is 10.2 Å². The number of nitro benzene ring substituents is 1. The molecule has 8 nitrogen and oxygen atoms in total. The Kier molecular flexibility index (Phi) is 6.75. The summed E-state index contributed by atoms with van der Waals surface area (Å²) < 4.78 is 5.50. The van der Waals surface area contributed by atoms with Crippen molar-refractivity contribution >= 4 is 29.0 Å². The molecule has 0 atom stereocenters. The van der Waals surface area contributed by atoms with Gasteiger partial charge >= 0.3 is 0 Å². The monoisotopic (exact) mass is 410 g/mol. The zero-order valence-electron chi connectivity index (χ0n) is 15.6. The quantitative estimate of drug-likeness (QED) is 0.337. The summed E-state index contributed by atoms with van der Waals surface area (Å²) in [4.78, 5) is 22.5. The molecule has 29 heavy (non-hydrogen) atoms. The second kappa shape index (κ2) is 9.65. The number of non-ortho nitro benzene ring substituents is 1. The summed E-state index contributed by atoms with van der Waals surface area (Å²) in [6, 6.07) is 16.9. The van der Waals surface area contributed by atoms with Gasteiger partial charge in [0.25, 0.3) is 5.69 Å². The van der Waals surface area contributed by atoms with Gasteiger partial charge in [-0.25, -0.2) is 0 Å². The fourth-order valence-corrected chi connectivity index (χ4v) is 3.10. The van der Waals surface area contributed by atoms with Crippen LogP contribution in [0.25, 0.3) is 11.3 Å². The Labute approximate surface area is 171 Å². The third kappa shape index (κ3) is 5.52. The van der Waals surface area contributed by atoms with Crippen molar-refractivity contribution in [2.24, 2.45) is 0 Å². The summed E-state index contributed by atoms with van der Waals surface area (Å²) in [5.74, 6) is 0.621. The molecule has 0 aliphatic heterocycles. The lowest BCUT2D eigenvalue weighted by atomic mass is 10.1. The van der Waals surface area contributed by atoms with Crippen LogP contribution < -0.4 is 10.1 Å². The van der Waals surface area contributed by atoms with E-state index in [9.17, 15) is 14.9 Å². The predicted octanol–water partition coefficient (Wildman–Crippen LogP) is 4.18. The fraction of sp³-hybridized carbons (Fsp3) is 0.150. The van der Waals surface area contributed by atoms with Gasteiger partial charge in [-0.3, -0.25) is 14.9 Å². The van der Waals surface area contributed by atoms with Crippen LogP contribution >= 0.6 is 11.8 Å². The van der Waals surface area contributed by atoms with E-state index in [4.69, 9.17) is 4.74 Å². The summed E-state index contributed by atoms with van der Waals surface area (Å²) >= 11 is 1.26. The number of amides is 1. The third-order valence-corrected chi connectivity index (χ3v) is 4.75. The number of benzene rings is 2. The Morgan fingerprint density at radius 1 is 1.10 bits per heavy atom. The molecule has 1 aromatic heterocycles. The zero-order valence-corrected chi connectivity index (χ0v) is 16.4. The number of rotatable bonds is 8. The molecule has 1 amide bonds. The predicted molar refractivity (Wildman–Crippen MR) is 111 cm³/mol. The third-order valence-electron chi connectivity index (χ3n) is 3.83.